The highest BCUT2D eigenvalue weighted by Crippen LogP contribution is 2.36. The van der Waals surface area contributed by atoms with Crippen LogP contribution in [0.5, 0.6) is 0 Å². The van der Waals surface area contributed by atoms with E-state index in [0.29, 0.717) is 23.4 Å². The first-order chi connectivity index (χ1) is 16.9. The smallest absolute Gasteiger partial charge is 0.372 e. The van der Waals surface area contributed by atoms with Crippen molar-refractivity contribution in [3.63, 3.8) is 0 Å². The molecule has 184 valence electrons. The average Bonchev–Trinajstić information content (AvgIpc) is 3.28. The second-order valence-electron chi connectivity index (χ2n) is 8.46. The van der Waals surface area contributed by atoms with Crippen LogP contribution in [0.2, 0.25) is 0 Å². The van der Waals surface area contributed by atoms with Crippen molar-refractivity contribution < 1.29 is 17.9 Å². The van der Waals surface area contributed by atoms with Gasteiger partial charge in [0.05, 0.1) is 48.6 Å². The van der Waals surface area contributed by atoms with Crippen molar-refractivity contribution in [2.24, 2.45) is 7.05 Å². The molecule has 35 heavy (non-hydrogen) atoms. The predicted molar refractivity (Wildman–Crippen MR) is 129 cm³/mol. The summed E-state index contributed by atoms with van der Waals surface area (Å²) in [5, 5.41) is 7.64. The number of hydrogen-bond donors (Lipinski definition) is 0. The Hall–Kier alpha value is -2.86. The maximum atomic E-state index is 13.7. The number of likely N-dealkylation sites (tertiary alicyclic amines) is 1. The fourth-order valence-corrected chi connectivity index (χ4v) is 4.60. The molecular formula is C26H26ClF3N4O. The SMILES string of the molecule is Cn1nncc1-c1cc(CO[C@H]2CCCN(CC#CCCl)[C@H]2c2ccccc2)cc(C(F)(F)F)c1. The molecule has 4 rings (SSSR count). The van der Waals surface area contributed by atoms with Gasteiger partial charge in [-0.15, -0.1) is 16.7 Å². The third-order valence-corrected chi connectivity index (χ3v) is 6.22. The zero-order chi connectivity index (χ0) is 24.8. The Labute approximate surface area is 207 Å². The molecule has 0 unspecified atom stereocenters. The monoisotopic (exact) mass is 502 g/mol. The van der Waals surface area contributed by atoms with Crippen molar-refractivity contribution >= 4 is 11.6 Å². The highest BCUT2D eigenvalue weighted by Gasteiger charge is 2.34. The number of alkyl halides is 4. The second-order valence-corrected chi connectivity index (χ2v) is 8.73. The summed E-state index contributed by atoms with van der Waals surface area (Å²) < 4.78 is 48.8. The first-order valence-corrected chi connectivity index (χ1v) is 11.9. The van der Waals surface area contributed by atoms with Gasteiger partial charge in [0.25, 0.3) is 0 Å². The number of benzene rings is 2. The summed E-state index contributed by atoms with van der Waals surface area (Å²) in [6.07, 6.45) is -1.51. The molecule has 9 heteroatoms. The second kappa shape index (κ2) is 11.3. The molecule has 0 aliphatic carbocycles. The summed E-state index contributed by atoms with van der Waals surface area (Å²) in [6.45, 7) is 1.46. The normalized spacial score (nSPS) is 18.8. The standard InChI is InChI=1S/C26H26ClF3N4O/c1-33-23(17-31-32-33)21-14-19(15-22(16-21)26(28,29)30)18-35-24-10-7-13-34(12-6-5-11-27)25(24)20-8-3-2-4-9-20/h2-4,8-9,14-17,24-25H,7,10-13,18H2,1H3/t24-,25-/m0/s1. The van der Waals surface area contributed by atoms with E-state index >= 15 is 0 Å². The van der Waals surface area contributed by atoms with Crippen molar-refractivity contribution in [1.29, 1.82) is 0 Å². The van der Waals surface area contributed by atoms with Gasteiger partial charge in [-0.25, -0.2) is 4.68 Å². The van der Waals surface area contributed by atoms with Crippen molar-refractivity contribution in [2.75, 3.05) is 19.0 Å². The lowest BCUT2D eigenvalue weighted by atomic mass is 9.92. The number of aromatic nitrogens is 3. The molecule has 0 N–H and O–H groups in total. The van der Waals surface area contributed by atoms with Crippen LogP contribution in [0.4, 0.5) is 13.2 Å². The van der Waals surface area contributed by atoms with E-state index in [9.17, 15) is 13.2 Å². The van der Waals surface area contributed by atoms with E-state index in [0.717, 1.165) is 37.1 Å². The highest BCUT2D eigenvalue weighted by atomic mass is 35.5. The van der Waals surface area contributed by atoms with E-state index < -0.39 is 11.7 Å². The number of rotatable bonds is 6. The maximum Gasteiger partial charge on any atom is 0.416 e. The minimum atomic E-state index is -4.48. The van der Waals surface area contributed by atoms with E-state index in [-0.39, 0.29) is 24.6 Å². The molecule has 2 atom stereocenters. The zero-order valence-corrected chi connectivity index (χ0v) is 20.1. The maximum absolute atomic E-state index is 13.7. The van der Waals surface area contributed by atoms with E-state index in [2.05, 4.69) is 27.1 Å². The predicted octanol–water partition coefficient (Wildman–Crippen LogP) is 5.47. The van der Waals surface area contributed by atoms with Crippen LogP contribution in [0, 0.1) is 11.8 Å². The summed E-state index contributed by atoms with van der Waals surface area (Å²) >= 11 is 5.72. The molecule has 1 aliphatic rings. The van der Waals surface area contributed by atoms with Gasteiger partial charge in [-0.2, -0.15) is 13.2 Å². The number of aryl methyl sites for hydroxylation is 1. The molecule has 1 aliphatic heterocycles. The fraction of sp³-hybridized carbons (Fsp3) is 0.385. The topological polar surface area (TPSA) is 43.2 Å². The Morgan fingerprint density at radius 3 is 2.63 bits per heavy atom. The summed E-state index contributed by atoms with van der Waals surface area (Å²) in [4.78, 5) is 2.25. The van der Waals surface area contributed by atoms with E-state index in [1.54, 1.807) is 13.1 Å². The van der Waals surface area contributed by atoms with Crippen LogP contribution in [-0.4, -0.2) is 45.0 Å². The van der Waals surface area contributed by atoms with Crippen LogP contribution in [0.3, 0.4) is 0 Å². The van der Waals surface area contributed by atoms with Crippen molar-refractivity contribution in [1.82, 2.24) is 19.9 Å². The lowest BCUT2D eigenvalue weighted by Crippen LogP contribution is -2.43. The Morgan fingerprint density at radius 2 is 1.94 bits per heavy atom. The lowest BCUT2D eigenvalue weighted by molar-refractivity contribution is -0.137. The van der Waals surface area contributed by atoms with Crippen LogP contribution in [0.1, 0.15) is 35.6 Å². The molecule has 2 aromatic carbocycles. The third-order valence-electron chi connectivity index (χ3n) is 6.09. The average molecular weight is 503 g/mol. The molecule has 0 saturated carbocycles. The van der Waals surface area contributed by atoms with Gasteiger partial charge in [-0.3, -0.25) is 4.90 Å². The van der Waals surface area contributed by atoms with Gasteiger partial charge >= 0.3 is 6.18 Å². The summed E-state index contributed by atoms with van der Waals surface area (Å²) in [7, 11) is 1.65. The lowest BCUT2D eigenvalue weighted by Gasteiger charge is -2.40. The molecule has 1 aromatic heterocycles. The van der Waals surface area contributed by atoms with E-state index in [4.69, 9.17) is 16.3 Å². The number of piperidine rings is 1. The van der Waals surface area contributed by atoms with Gasteiger partial charge in [0, 0.05) is 12.6 Å². The summed E-state index contributed by atoms with van der Waals surface area (Å²) in [6, 6.07) is 13.9. The van der Waals surface area contributed by atoms with Crippen molar-refractivity contribution in [3.8, 4) is 23.1 Å². The minimum absolute atomic E-state index is 0.0530. The summed E-state index contributed by atoms with van der Waals surface area (Å²) in [5.74, 6) is 6.27. The van der Waals surface area contributed by atoms with Crippen molar-refractivity contribution in [3.05, 3.63) is 71.4 Å². The number of ether oxygens (including phenoxy) is 1. The van der Waals surface area contributed by atoms with Gasteiger partial charge in [0.2, 0.25) is 0 Å². The molecular weight excluding hydrogens is 477 g/mol. The molecule has 2 heterocycles. The summed E-state index contributed by atoms with van der Waals surface area (Å²) in [5.41, 5.74) is 1.71. The Bertz CT molecular complexity index is 1190. The molecule has 3 aromatic rings. The minimum Gasteiger partial charge on any atom is -0.372 e. The van der Waals surface area contributed by atoms with Gasteiger partial charge < -0.3 is 4.74 Å². The first kappa shape index (κ1) is 25.2. The van der Waals surface area contributed by atoms with Crippen molar-refractivity contribution in [2.45, 2.75) is 37.8 Å². The Kier molecular flexibility index (Phi) is 8.11. The van der Waals surface area contributed by atoms with Crippen LogP contribution >= 0.6 is 11.6 Å². The zero-order valence-electron chi connectivity index (χ0n) is 19.3. The number of hydrogen-bond acceptors (Lipinski definition) is 4. The van der Waals surface area contributed by atoms with Crippen LogP contribution in [-0.2, 0) is 24.6 Å². The Balaban J connectivity index is 1.61. The van der Waals surface area contributed by atoms with Gasteiger partial charge in [-0.1, -0.05) is 47.4 Å². The highest BCUT2D eigenvalue weighted by molar-refractivity contribution is 6.19. The van der Waals surface area contributed by atoms with Gasteiger partial charge in [-0.05, 0) is 48.7 Å². The molecule has 1 fully saturated rings. The van der Waals surface area contributed by atoms with Crippen LogP contribution in [0.25, 0.3) is 11.3 Å². The van der Waals surface area contributed by atoms with E-state index in [1.807, 2.05) is 30.3 Å². The molecule has 0 radical (unpaired) electrons. The molecule has 5 nitrogen and oxygen atoms in total. The largest absolute Gasteiger partial charge is 0.416 e. The van der Waals surface area contributed by atoms with E-state index in [1.165, 1.54) is 10.9 Å². The number of nitrogens with zero attached hydrogens (tertiary/aromatic N) is 4. The van der Waals surface area contributed by atoms with Crippen LogP contribution < -0.4 is 0 Å². The van der Waals surface area contributed by atoms with Gasteiger partial charge in [0.1, 0.15) is 0 Å². The molecule has 1 saturated heterocycles. The number of halogens is 4. The third kappa shape index (κ3) is 6.23. The molecule has 0 bridgehead atoms. The first-order valence-electron chi connectivity index (χ1n) is 11.4. The Morgan fingerprint density at radius 1 is 1.14 bits per heavy atom. The molecule has 0 amide bonds. The van der Waals surface area contributed by atoms with Crippen LogP contribution in [0.15, 0.2) is 54.7 Å². The fourth-order valence-electron chi connectivity index (χ4n) is 4.50. The molecule has 0 spiro atoms. The van der Waals surface area contributed by atoms with Gasteiger partial charge in [0.15, 0.2) is 0 Å². The quantitative estimate of drug-likeness (QED) is 0.331.